The number of aromatic nitrogens is 2. The van der Waals surface area contributed by atoms with Crippen LogP contribution in [0.4, 0.5) is 10.2 Å². The molecule has 0 unspecified atom stereocenters. The van der Waals surface area contributed by atoms with Gasteiger partial charge in [0.1, 0.15) is 17.4 Å². The molecule has 0 fully saturated rings. The molecule has 1 heterocycles. The Hall–Kier alpha value is -2.69. The molecular weight excluding hydrogens is 269 g/mol. The number of rotatable bonds is 2. The fourth-order valence-electron chi connectivity index (χ4n) is 2.17. The van der Waals surface area contributed by atoms with Gasteiger partial charge in [-0.1, -0.05) is 0 Å². The molecule has 0 saturated heterocycles. The summed E-state index contributed by atoms with van der Waals surface area (Å²) in [5.74, 6) is 1.30. The normalized spacial score (nSPS) is 10.8. The standard InChI is InChI=1S/C16H14FN3O/c1-9-7-10(3-5-13(9)17)16-19-14-6-4-11(21-2)8-12(14)15(18)20-16/h3-8H,1-2H3,(H2,18,19,20). The molecule has 0 amide bonds. The zero-order valence-corrected chi connectivity index (χ0v) is 11.7. The third-order valence-electron chi connectivity index (χ3n) is 3.35. The second-order valence-corrected chi connectivity index (χ2v) is 4.78. The van der Waals surface area contributed by atoms with E-state index in [1.165, 1.54) is 6.07 Å². The first-order valence-corrected chi connectivity index (χ1v) is 6.46. The Labute approximate surface area is 121 Å². The molecule has 5 heteroatoms. The second kappa shape index (κ2) is 5.01. The largest absolute Gasteiger partial charge is 0.497 e. The van der Waals surface area contributed by atoms with Crippen LogP contribution in [0.2, 0.25) is 0 Å². The molecular formula is C16H14FN3O. The van der Waals surface area contributed by atoms with E-state index in [4.69, 9.17) is 10.5 Å². The molecule has 2 N–H and O–H groups in total. The van der Waals surface area contributed by atoms with Crippen LogP contribution >= 0.6 is 0 Å². The van der Waals surface area contributed by atoms with Crippen molar-refractivity contribution in [1.82, 2.24) is 9.97 Å². The fourth-order valence-corrected chi connectivity index (χ4v) is 2.17. The van der Waals surface area contributed by atoms with Gasteiger partial charge in [0.25, 0.3) is 0 Å². The van der Waals surface area contributed by atoms with Crippen molar-refractivity contribution in [3.05, 3.63) is 47.8 Å². The topological polar surface area (TPSA) is 61.0 Å². The second-order valence-electron chi connectivity index (χ2n) is 4.78. The number of aryl methyl sites for hydroxylation is 1. The molecule has 3 aromatic rings. The third kappa shape index (κ3) is 2.38. The Morgan fingerprint density at radius 3 is 2.62 bits per heavy atom. The summed E-state index contributed by atoms with van der Waals surface area (Å²) in [6, 6.07) is 10.2. The highest BCUT2D eigenvalue weighted by atomic mass is 19.1. The summed E-state index contributed by atoms with van der Waals surface area (Å²) in [5, 5.41) is 0.733. The summed E-state index contributed by atoms with van der Waals surface area (Å²) < 4.78 is 18.5. The summed E-state index contributed by atoms with van der Waals surface area (Å²) >= 11 is 0. The number of benzene rings is 2. The minimum absolute atomic E-state index is 0.253. The van der Waals surface area contributed by atoms with Gasteiger partial charge in [0, 0.05) is 10.9 Å². The van der Waals surface area contributed by atoms with Crippen LogP contribution in [0.25, 0.3) is 22.3 Å². The molecule has 0 spiro atoms. The Morgan fingerprint density at radius 2 is 1.90 bits per heavy atom. The summed E-state index contributed by atoms with van der Waals surface area (Å²) in [6.07, 6.45) is 0. The van der Waals surface area contributed by atoms with E-state index in [0.717, 1.165) is 16.5 Å². The minimum atomic E-state index is -0.253. The molecule has 0 aliphatic carbocycles. The molecule has 0 atom stereocenters. The van der Waals surface area contributed by atoms with E-state index in [2.05, 4.69) is 9.97 Å². The number of nitrogens with two attached hydrogens (primary N) is 1. The van der Waals surface area contributed by atoms with E-state index in [1.807, 2.05) is 12.1 Å². The van der Waals surface area contributed by atoms with Crippen LogP contribution in [0.5, 0.6) is 5.75 Å². The Balaban J connectivity index is 2.18. The number of ether oxygens (including phenoxy) is 1. The summed E-state index contributed by atoms with van der Waals surface area (Å²) in [5.41, 5.74) is 8.01. The lowest BCUT2D eigenvalue weighted by Crippen LogP contribution is -1.98. The number of anilines is 1. The number of fused-ring (bicyclic) bond motifs is 1. The van der Waals surface area contributed by atoms with E-state index in [1.54, 1.807) is 32.2 Å². The summed E-state index contributed by atoms with van der Waals surface area (Å²) in [7, 11) is 1.59. The molecule has 106 valence electrons. The monoisotopic (exact) mass is 283 g/mol. The zero-order chi connectivity index (χ0) is 15.0. The van der Waals surface area contributed by atoms with Crippen molar-refractivity contribution in [2.45, 2.75) is 6.92 Å². The maximum Gasteiger partial charge on any atom is 0.162 e. The molecule has 3 rings (SSSR count). The number of halogens is 1. The molecule has 0 aliphatic rings. The van der Waals surface area contributed by atoms with E-state index in [9.17, 15) is 4.39 Å². The first-order chi connectivity index (χ1) is 10.1. The van der Waals surface area contributed by atoms with E-state index in [0.29, 0.717) is 23.0 Å². The molecule has 0 bridgehead atoms. The Kier molecular flexibility index (Phi) is 3.17. The third-order valence-corrected chi connectivity index (χ3v) is 3.35. The van der Waals surface area contributed by atoms with Crippen molar-refractivity contribution in [2.75, 3.05) is 12.8 Å². The van der Waals surface area contributed by atoms with E-state index >= 15 is 0 Å². The zero-order valence-electron chi connectivity index (χ0n) is 11.7. The van der Waals surface area contributed by atoms with Crippen LogP contribution in [0, 0.1) is 12.7 Å². The number of hydrogen-bond donors (Lipinski definition) is 1. The lowest BCUT2D eigenvalue weighted by atomic mass is 10.1. The van der Waals surface area contributed by atoms with Crippen LogP contribution in [0.15, 0.2) is 36.4 Å². The van der Waals surface area contributed by atoms with Gasteiger partial charge in [0.2, 0.25) is 0 Å². The van der Waals surface area contributed by atoms with Gasteiger partial charge >= 0.3 is 0 Å². The van der Waals surface area contributed by atoms with Crippen LogP contribution < -0.4 is 10.5 Å². The lowest BCUT2D eigenvalue weighted by molar-refractivity contribution is 0.415. The Morgan fingerprint density at radius 1 is 1.10 bits per heavy atom. The predicted octanol–water partition coefficient (Wildman–Crippen LogP) is 3.34. The van der Waals surface area contributed by atoms with Crippen molar-refractivity contribution in [3.63, 3.8) is 0 Å². The van der Waals surface area contributed by atoms with Gasteiger partial charge in [-0.2, -0.15) is 0 Å². The van der Waals surface area contributed by atoms with Crippen molar-refractivity contribution in [1.29, 1.82) is 0 Å². The number of nitrogen functional groups attached to an aromatic ring is 1. The van der Waals surface area contributed by atoms with Gasteiger partial charge in [-0.05, 0) is 48.9 Å². The van der Waals surface area contributed by atoms with Gasteiger partial charge in [-0.3, -0.25) is 0 Å². The van der Waals surface area contributed by atoms with Crippen molar-refractivity contribution >= 4 is 16.7 Å². The molecule has 0 radical (unpaired) electrons. The van der Waals surface area contributed by atoms with Gasteiger partial charge in [0.05, 0.1) is 12.6 Å². The number of methoxy groups -OCH3 is 1. The summed E-state index contributed by atoms with van der Waals surface area (Å²) in [4.78, 5) is 8.79. The number of hydrogen-bond acceptors (Lipinski definition) is 4. The van der Waals surface area contributed by atoms with Crippen LogP contribution in [0.3, 0.4) is 0 Å². The van der Waals surface area contributed by atoms with Gasteiger partial charge in [-0.15, -0.1) is 0 Å². The van der Waals surface area contributed by atoms with Crippen LogP contribution in [-0.2, 0) is 0 Å². The maximum atomic E-state index is 13.4. The first-order valence-electron chi connectivity index (χ1n) is 6.46. The summed E-state index contributed by atoms with van der Waals surface area (Å²) in [6.45, 7) is 1.70. The number of nitrogens with zero attached hydrogens (tertiary/aromatic N) is 2. The van der Waals surface area contributed by atoms with Gasteiger partial charge in [-0.25, -0.2) is 14.4 Å². The quantitative estimate of drug-likeness (QED) is 0.783. The van der Waals surface area contributed by atoms with E-state index < -0.39 is 0 Å². The van der Waals surface area contributed by atoms with Crippen molar-refractivity contribution in [2.24, 2.45) is 0 Å². The van der Waals surface area contributed by atoms with Crippen LogP contribution in [0.1, 0.15) is 5.56 Å². The van der Waals surface area contributed by atoms with Crippen molar-refractivity contribution < 1.29 is 9.13 Å². The van der Waals surface area contributed by atoms with Gasteiger partial charge in [0.15, 0.2) is 5.82 Å². The SMILES string of the molecule is COc1ccc2nc(-c3ccc(F)c(C)c3)nc(N)c2c1. The molecule has 0 aliphatic heterocycles. The predicted molar refractivity (Wildman–Crippen MR) is 80.6 cm³/mol. The smallest absolute Gasteiger partial charge is 0.162 e. The van der Waals surface area contributed by atoms with Gasteiger partial charge < -0.3 is 10.5 Å². The average molecular weight is 283 g/mol. The molecule has 0 saturated carbocycles. The first kappa shape index (κ1) is 13.3. The maximum absolute atomic E-state index is 13.4. The van der Waals surface area contributed by atoms with Crippen molar-refractivity contribution in [3.8, 4) is 17.1 Å². The highest BCUT2D eigenvalue weighted by molar-refractivity contribution is 5.90. The highest BCUT2D eigenvalue weighted by Gasteiger charge is 2.09. The average Bonchev–Trinajstić information content (AvgIpc) is 2.49. The van der Waals surface area contributed by atoms with Crippen LogP contribution in [-0.4, -0.2) is 17.1 Å². The molecule has 21 heavy (non-hydrogen) atoms. The minimum Gasteiger partial charge on any atom is -0.497 e. The molecule has 4 nitrogen and oxygen atoms in total. The van der Waals surface area contributed by atoms with E-state index in [-0.39, 0.29) is 5.82 Å². The fraction of sp³-hybridized carbons (Fsp3) is 0.125. The Bertz CT molecular complexity index is 833. The molecule has 2 aromatic carbocycles. The highest BCUT2D eigenvalue weighted by Crippen LogP contribution is 2.27. The lowest BCUT2D eigenvalue weighted by Gasteiger charge is -2.08. The molecule has 1 aromatic heterocycles.